The molecule has 0 aliphatic carbocycles. The number of hydrogen-bond acceptors (Lipinski definition) is 8. The summed E-state index contributed by atoms with van der Waals surface area (Å²) < 4.78 is 70.1. The fraction of sp³-hybridized carbons (Fsp3) is 0.211. The van der Waals surface area contributed by atoms with Crippen molar-refractivity contribution in [3.63, 3.8) is 0 Å². The molecule has 3 aromatic rings. The highest BCUT2D eigenvalue weighted by Gasteiger charge is 2.39. The van der Waals surface area contributed by atoms with Gasteiger partial charge in [0.2, 0.25) is 11.5 Å². The fourth-order valence-electron chi connectivity index (χ4n) is 2.59. The summed E-state index contributed by atoms with van der Waals surface area (Å²) >= 11 is 1.17. The number of anilines is 1. The van der Waals surface area contributed by atoms with Crippen LogP contribution >= 0.6 is 11.3 Å². The van der Waals surface area contributed by atoms with Crippen LogP contribution in [-0.2, 0) is 20.2 Å². The second-order valence-corrected chi connectivity index (χ2v) is 9.51. The Kier molecular flexibility index (Phi) is 6.41. The van der Waals surface area contributed by atoms with Crippen molar-refractivity contribution in [3.05, 3.63) is 59.7 Å². The first kappa shape index (κ1) is 23.5. The number of carbonyl (C=O) groups is 1. The van der Waals surface area contributed by atoms with E-state index in [4.69, 9.17) is 4.74 Å². The summed E-state index contributed by atoms with van der Waals surface area (Å²) in [7, 11) is -3.47. The number of hydrogen-bond donors (Lipinski definition) is 1. The van der Waals surface area contributed by atoms with Gasteiger partial charge in [-0.05, 0) is 25.1 Å². The Hall–Kier alpha value is -3.19. The molecule has 32 heavy (non-hydrogen) atoms. The van der Waals surface area contributed by atoms with Gasteiger partial charge in [0, 0.05) is 29.5 Å². The normalized spacial score (nSPS) is 13.8. The number of ether oxygens (including phenoxy) is 2. The molecule has 1 aromatic carbocycles. The number of amides is 1. The maximum atomic E-state index is 13.1. The summed E-state index contributed by atoms with van der Waals surface area (Å²) in [5, 5.41) is 4.53. The molecule has 8 nitrogen and oxygen atoms in total. The van der Waals surface area contributed by atoms with Gasteiger partial charge in [-0.2, -0.15) is 0 Å². The molecule has 0 fully saturated rings. The van der Waals surface area contributed by atoms with Crippen molar-refractivity contribution in [3.8, 4) is 11.6 Å². The smallest absolute Gasteiger partial charge is 0.456 e. The van der Waals surface area contributed by atoms with E-state index in [9.17, 15) is 26.4 Å². The molecule has 0 saturated heterocycles. The van der Waals surface area contributed by atoms with Gasteiger partial charge < -0.3 is 9.47 Å². The number of alkyl halides is 3. The lowest BCUT2D eigenvalue weighted by molar-refractivity contribution is -0.274. The Morgan fingerprint density at radius 3 is 2.25 bits per heavy atom. The number of pyridine rings is 1. The van der Waals surface area contributed by atoms with E-state index in [1.54, 1.807) is 5.38 Å². The number of aromatic nitrogens is 2. The second-order valence-electron chi connectivity index (χ2n) is 6.60. The number of thiazole rings is 1. The monoisotopic (exact) mass is 487 g/mol. The lowest BCUT2D eigenvalue weighted by Crippen LogP contribution is -2.43. The van der Waals surface area contributed by atoms with Gasteiger partial charge in [0.15, 0.2) is 15.0 Å². The van der Waals surface area contributed by atoms with Crippen LogP contribution in [0, 0.1) is 0 Å². The molecule has 0 spiro atoms. The number of nitrogens with zero attached hydrogens (tertiary/aromatic N) is 2. The van der Waals surface area contributed by atoms with Crippen molar-refractivity contribution < 1.29 is 35.9 Å². The molecular formula is C19H16F3N3O5S2. The van der Waals surface area contributed by atoms with Crippen LogP contribution < -0.4 is 14.8 Å². The van der Waals surface area contributed by atoms with E-state index in [0.29, 0.717) is 5.13 Å². The molecule has 1 amide bonds. The summed E-state index contributed by atoms with van der Waals surface area (Å²) in [5.41, 5.74) is -1.46. The third-order valence-electron chi connectivity index (χ3n) is 4.17. The van der Waals surface area contributed by atoms with E-state index in [2.05, 4.69) is 20.0 Å². The Labute approximate surface area is 185 Å². The van der Waals surface area contributed by atoms with Gasteiger partial charge in [0.25, 0.3) is 5.91 Å². The molecule has 2 aromatic heterocycles. The predicted molar refractivity (Wildman–Crippen MR) is 109 cm³/mol. The van der Waals surface area contributed by atoms with E-state index in [-0.39, 0.29) is 16.3 Å². The van der Waals surface area contributed by atoms with Crippen molar-refractivity contribution in [1.29, 1.82) is 0 Å². The highest BCUT2D eigenvalue weighted by atomic mass is 32.2. The van der Waals surface area contributed by atoms with Gasteiger partial charge in [0.1, 0.15) is 5.75 Å². The molecule has 1 atom stereocenters. The van der Waals surface area contributed by atoms with E-state index in [0.717, 1.165) is 24.6 Å². The quantitative estimate of drug-likeness (QED) is 0.541. The average molecular weight is 487 g/mol. The predicted octanol–water partition coefficient (Wildman–Crippen LogP) is 3.77. The fourth-order valence-corrected chi connectivity index (χ4v) is 3.74. The number of halogens is 3. The lowest BCUT2D eigenvalue weighted by Gasteiger charge is -2.29. The molecule has 2 heterocycles. The maximum Gasteiger partial charge on any atom is 0.573 e. The number of benzene rings is 1. The van der Waals surface area contributed by atoms with Crippen molar-refractivity contribution in [2.45, 2.75) is 23.8 Å². The van der Waals surface area contributed by atoms with Crippen LogP contribution in [0.5, 0.6) is 11.6 Å². The molecule has 3 rings (SSSR count). The van der Waals surface area contributed by atoms with E-state index in [1.807, 2.05) is 0 Å². The van der Waals surface area contributed by atoms with E-state index < -0.39 is 33.5 Å². The zero-order valence-corrected chi connectivity index (χ0v) is 18.2. The van der Waals surface area contributed by atoms with Crippen LogP contribution in [0.15, 0.2) is 59.1 Å². The van der Waals surface area contributed by atoms with Crippen molar-refractivity contribution in [1.82, 2.24) is 9.97 Å². The van der Waals surface area contributed by atoms with Gasteiger partial charge in [0.05, 0.1) is 11.1 Å². The number of carbonyl (C=O) groups excluding carboxylic acids is 1. The first-order valence-corrected chi connectivity index (χ1v) is 11.6. The third-order valence-corrected chi connectivity index (χ3v) is 5.99. The van der Waals surface area contributed by atoms with Gasteiger partial charge in [-0.1, -0.05) is 12.1 Å². The molecule has 0 aliphatic rings. The first-order valence-electron chi connectivity index (χ1n) is 8.79. The van der Waals surface area contributed by atoms with Gasteiger partial charge in [-0.3, -0.25) is 10.1 Å². The summed E-state index contributed by atoms with van der Waals surface area (Å²) in [5.74, 6) is -1.38. The highest BCUT2D eigenvalue weighted by Crippen LogP contribution is 2.31. The summed E-state index contributed by atoms with van der Waals surface area (Å²) in [4.78, 5) is 20.9. The van der Waals surface area contributed by atoms with Crippen LogP contribution in [0.3, 0.4) is 0 Å². The summed E-state index contributed by atoms with van der Waals surface area (Å²) in [6.07, 6.45) is -1.55. The van der Waals surface area contributed by atoms with Crippen molar-refractivity contribution in [2.75, 3.05) is 11.6 Å². The molecule has 0 radical (unpaired) electrons. The Morgan fingerprint density at radius 2 is 1.75 bits per heavy atom. The summed E-state index contributed by atoms with van der Waals surface area (Å²) in [6, 6.07) is 7.54. The van der Waals surface area contributed by atoms with Crippen molar-refractivity contribution >= 4 is 32.2 Å². The van der Waals surface area contributed by atoms with E-state index in [1.165, 1.54) is 48.7 Å². The SMILES string of the molecule is CC(Oc1ccc(OC(F)(F)F)cn1)(C(=O)Nc1nccs1)c1ccc(S(C)(=O)=O)cc1. The second kappa shape index (κ2) is 8.74. The minimum absolute atomic E-state index is 0.0377. The third kappa shape index (κ3) is 5.73. The van der Waals surface area contributed by atoms with Crippen LogP contribution in [-0.4, -0.2) is 36.9 Å². The molecule has 13 heteroatoms. The topological polar surface area (TPSA) is 107 Å². The van der Waals surface area contributed by atoms with Crippen molar-refractivity contribution in [2.24, 2.45) is 0 Å². The molecule has 0 saturated carbocycles. The van der Waals surface area contributed by atoms with Gasteiger partial charge >= 0.3 is 6.36 Å². The number of sulfone groups is 1. The van der Waals surface area contributed by atoms with E-state index >= 15 is 0 Å². The zero-order valence-electron chi connectivity index (χ0n) is 16.6. The van der Waals surface area contributed by atoms with Crippen LogP contribution in [0.1, 0.15) is 12.5 Å². The van der Waals surface area contributed by atoms with Gasteiger partial charge in [-0.15, -0.1) is 24.5 Å². The standard InChI is InChI=1S/C19H16F3N3O5S2/c1-18(16(26)25-17-23-9-10-31-17,12-3-6-14(7-4-12)32(2,27)28)30-15-8-5-13(11-24-15)29-19(20,21)22/h3-11H,1-2H3,(H,23,25,26). The molecule has 0 aliphatic heterocycles. The molecule has 1 unspecified atom stereocenters. The van der Waals surface area contributed by atoms with Crippen LogP contribution in [0.2, 0.25) is 0 Å². The molecule has 170 valence electrons. The van der Waals surface area contributed by atoms with Gasteiger partial charge in [-0.25, -0.2) is 18.4 Å². The Balaban J connectivity index is 1.94. The number of rotatable bonds is 7. The number of nitrogens with one attached hydrogen (secondary N) is 1. The zero-order chi connectivity index (χ0) is 23.6. The minimum atomic E-state index is -4.88. The minimum Gasteiger partial charge on any atom is -0.456 e. The van der Waals surface area contributed by atoms with Crippen LogP contribution in [0.25, 0.3) is 0 Å². The summed E-state index contributed by atoms with van der Waals surface area (Å²) in [6.45, 7) is 1.41. The van der Waals surface area contributed by atoms with Crippen LogP contribution in [0.4, 0.5) is 18.3 Å². The highest BCUT2D eigenvalue weighted by molar-refractivity contribution is 7.90. The molecular weight excluding hydrogens is 471 g/mol. The Morgan fingerprint density at radius 1 is 1.06 bits per heavy atom. The lowest BCUT2D eigenvalue weighted by atomic mass is 9.94. The maximum absolute atomic E-state index is 13.1. The molecule has 0 bridgehead atoms. The Bertz CT molecular complexity index is 1180. The average Bonchev–Trinajstić information content (AvgIpc) is 3.21. The first-order chi connectivity index (χ1) is 14.9. The largest absolute Gasteiger partial charge is 0.573 e. The molecule has 1 N–H and O–H groups in total.